The second-order valence-electron chi connectivity index (χ2n) is 5.73. The Labute approximate surface area is 119 Å². The van der Waals surface area contributed by atoms with E-state index in [1.807, 2.05) is 11.3 Å². The maximum absolute atomic E-state index is 11.7. The van der Waals surface area contributed by atoms with Crippen molar-refractivity contribution in [2.45, 2.75) is 46.0 Å². The average molecular weight is 281 g/mol. The van der Waals surface area contributed by atoms with Gasteiger partial charge in [0, 0.05) is 28.1 Å². The molecule has 19 heavy (non-hydrogen) atoms. The number of thiophene rings is 1. The fourth-order valence-electron chi connectivity index (χ4n) is 2.31. The molecule has 0 aromatic carbocycles. The van der Waals surface area contributed by atoms with Crippen LogP contribution < -0.4 is 5.32 Å². The summed E-state index contributed by atoms with van der Waals surface area (Å²) in [5.41, 5.74) is 1.39. The Bertz CT molecular complexity index is 449. The normalized spacial score (nSPS) is 16.4. The zero-order valence-electron chi connectivity index (χ0n) is 11.8. The summed E-state index contributed by atoms with van der Waals surface area (Å²) in [6.07, 6.45) is 4.54. The minimum Gasteiger partial charge on any atom is -0.396 e. The van der Waals surface area contributed by atoms with Gasteiger partial charge in [-0.05, 0) is 51.2 Å². The van der Waals surface area contributed by atoms with Crippen LogP contribution in [0.4, 0.5) is 0 Å². The maximum Gasteiger partial charge on any atom is 0.220 e. The third-order valence-corrected chi connectivity index (χ3v) is 4.96. The van der Waals surface area contributed by atoms with Gasteiger partial charge in [0.2, 0.25) is 5.91 Å². The quantitative estimate of drug-likeness (QED) is 0.807. The second-order valence-corrected chi connectivity index (χ2v) is 7.19. The lowest BCUT2D eigenvalue weighted by Gasteiger charge is -2.12. The zero-order chi connectivity index (χ0) is 13.9. The number of nitrogens with one attached hydrogen (secondary N) is 1. The van der Waals surface area contributed by atoms with Crippen LogP contribution in [0.1, 0.15) is 41.0 Å². The van der Waals surface area contributed by atoms with Crippen molar-refractivity contribution in [2.24, 2.45) is 5.41 Å². The molecule has 2 N–H and O–H groups in total. The first-order valence-corrected chi connectivity index (χ1v) is 7.80. The molecule has 1 aliphatic rings. The molecule has 1 aromatic rings. The van der Waals surface area contributed by atoms with Gasteiger partial charge in [-0.3, -0.25) is 4.79 Å². The highest BCUT2D eigenvalue weighted by molar-refractivity contribution is 7.12. The largest absolute Gasteiger partial charge is 0.396 e. The molecule has 1 aromatic heterocycles. The number of aliphatic hydroxyl groups excluding tert-OH is 1. The molecule has 0 saturated heterocycles. The molecule has 0 unspecified atom stereocenters. The summed E-state index contributed by atoms with van der Waals surface area (Å²) in [7, 11) is 0. The molecule has 3 nitrogen and oxygen atoms in total. The summed E-state index contributed by atoms with van der Waals surface area (Å²) in [4.78, 5) is 14.4. The van der Waals surface area contributed by atoms with Gasteiger partial charge >= 0.3 is 0 Å². The van der Waals surface area contributed by atoms with E-state index in [1.54, 1.807) is 0 Å². The zero-order valence-corrected chi connectivity index (χ0v) is 12.6. The lowest BCUT2D eigenvalue weighted by molar-refractivity contribution is -0.121. The van der Waals surface area contributed by atoms with Crippen LogP contribution in [-0.2, 0) is 11.2 Å². The van der Waals surface area contributed by atoms with Crippen molar-refractivity contribution in [3.05, 3.63) is 21.4 Å². The molecular formula is C15H23NO2S. The maximum atomic E-state index is 11.7. The Morgan fingerprint density at radius 2 is 2.21 bits per heavy atom. The van der Waals surface area contributed by atoms with E-state index in [1.165, 1.54) is 15.3 Å². The highest BCUT2D eigenvalue weighted by atomic mass is 32.1. The van der Waals surface area contributed by atoms with Gasteiger partial charge in [0.15, 0.2) is 0 Å². The Kier molecular flexibility index (Phi) is 4.63. The summed E-state index contributed by atoms with van der Waals surface area (Å²) in [5, 5.41) is 12.1. The first-order valence-electron chi connectivity index (χ1n) is 6.98. The predicted octanol–water partition coefficient (Wildman–Crippen LogP) is 2.58. The number of aryl methyl sites for hydroxylation is 3. The van der Waals surface area contributed by atoms with Gasteiger partial charge in [-0.15, -0.1) is 11.3 Å². The predicted molar refractivity (Wildman–Crippen MR) is 78.5 cm³/mol. The molecule has 4 heteroatoms. The Morgan fingerprint density at radius 3 is 2.74 bits per heavy atom. The molecule has 1 aliphatic carbocycles. The van der Waals surface area contributed by atoms with Crippen LogP contribution >= 0.6 is 11.3 Å². The number of hydrogen-bond donors (Lipinski definition) is 2. The van der Waals surface area contributed by atoms with Gasteiger partial charge in [0.1, 0.15) is 0 Å². The van der Waals surface area contributed by atoms with Crippen LogP contribution in [0, 0.1) is 19.3 Å². The van der Waals surface area contributed by atoms with Gasteiger partial charge in [-0.1, -0.05) is 0 Å². The lowest BCUT2D eigenvalue weighted by atomic mass is 10.1. The van der Waals surface area contributed by atoms with Crippen LogP contribution in [0.5, 0.6) is 0 Å². The van der Waals surface area contributed by atoms with Crippen molar-refractivity contribution >= 4 is 17.2 Å². The molecule has 1 amide bonds. The summed E-state index contributed by atoms with van der Waals surface area (Å²) >= 11 is 1.82. The van der Waals surface area contributed by atoms with Gasteiger partial charge in [-0.2, -0.15) is 0 Å². The molecule has 0 radical (unpaired) electrons. The summed E-state index contributed by atoms with van der Waals surface area (Å²) in [6.45, 7) is 5.10. The smallest absolute Gasteiger partial charge is 0.220 e. The van der Waals surface area contributed by atoms with Crippen molar-refractivity contribution in [3.8, 4) is 0 Å². The summed E-state index contributed by atoms with van der Waals surface area (Å²) in [6, 6.07) is 2.23. The number of hydrogen-bond acceptors (Lipinski definition) is 3. The van der Waals surface area contributed by atoms with Crippen molar-refractivity contribution in [2.75, 3.05) is 13.2 Å². The molecule has 106 valence electrons. The van der Waals surface area contributed by atoms with Crippen molar-refractivity contribution in [1.29, 1.82) is 0 Å². The highest BCUT2D eigenvalue weighted by Crippen LogP contribution is 2.44. The number of rotatable bonds is 7. The fraction of sp³-hybridized carbons (Fsp3) is 0.667. The molecule has 0 bridgehead atoms. The topological polar surface area (TPSA) is 49.3 Å². The standard InChI is InChI=1S/C15H23NO2S/c1-11-8-13(12(2)19-11)4-3-5-14(18)16-9-15(10-17)6-7-15/h8,17H,3-7,9-10H2,1-2H3,(H,16,18). The number of amides is 1. The van der Waals surface area contributed by atoms with E-state index in [2.05, 4.69) is 25.2 Å². The molecule has 1 saturated carbocycles. The first kappa shape index (κ1) is 14.5. The van der Waals surface area contributed by atoms with Crippen molar-refractivity contribution in [3.63, 3.8) is 0 Å². The summed E-state index contributed by atoms with van der Waals surface area (Å²) in [5.74, 6) is 0.115. The molecule has 0 atom stereocenters. The Hall–Kier alpha value is -0.870. The Morgan fingerprint density at radius 1 is 1.47 bits per heavy atom. The summed E-state index contributed by atoms with van der Waals surface area (Å²) < 4.78 is 0. The van der Waals surface area contributed by atoms with E-state index in [0.717, 1.165) is 25.7 Å². The van der Waals surface area contributed by atoms with E-state index in [9.17, 15) is 9.90 Å². The minimum atomic E-state index is 0.0106. The van der Waals surface area contributed by atoms with Gasteiger partial charge in [-0.25, -0.2) is 0 Å². The second kappa shape index (κ2) is 6.06. The molecule has 0 spiro atoms. The molecular weight excluding hydrogens is 258 g/mol. The van der Waals surface area contributed by atoms with Gasteiger partial charge in [0.25, 0.3) is 0 Å². The third-order valence-electron chi connectivity index (χ3n) is 3.95. The van der Waals surface area contributed by atoms with Crippen LogP contribution in [0.3, 0.4) is 0 Å². The Balaban J connectivity index is 1.65. The van der Waals surface area contributed by atoms with Crippen LogP contribution in [0.25, 0.3) is 0 Å². The lowest BCUT2D eigenvalue weighted by Crippen LogP contribution is -2.31. The van der Waals surface area contributed by atoms with E-state index in [-0.39, 0.29) is 17.9 Å². The molecule has 1 fully saturated rings. The highest BCUT2D eigenvalue weighted by Gasteiger charge is 2.41. The van der Waals surface area contributed by atoms with E-state index in [4.69, 9.17) is 0 Å². The van der Waals surface area contributed by atoms with Crippen LogP contribution in [-0.4, -0.2) is 24.2 Å². The molecule has 1 heterocycles. The molecule has 0 aliphatic heterocycles. The monoisotopic (exact) mass is 281 g/mol. The van der Waals surface area contributed by atoms with Gasteiger partial charge in [0.05, 0.1) is 6.61 Å². The SMILES string of the molecule is Cc1cc(CCCC(=O)NCC2(CO)CC2)c(C)s1. The van der Waals surface area contributed by atoms with Crippen LogP contribution in [0.2, 0.25) is 0 Å². The van der Waals surface area contributed by atoms with Crippen LogP contribution in [0.15, 0.2) is 6.07 Å². The third kappa shape index (κ3) is 4.05. The first-order chi connectivity index (χ1) is 9.04. The fourth-order valence-corrected chi connectivity index (χ4v) is 3.29. The van der Waals surface area contributed by atoms with Crippen molar-refractivity contribution in [1.82, 2.24) is 5.32 Å². The number of aliphatic hydroxyl groups is 1. The van der Waals surface area contributed by atoms with Crippen molar-refractivity contribution < 1.29 is 9.90 Å². The van der Waals surface area contributed by atoms with E-state index < -0.39 is 0 Å². The van der Waals surface area contributed by atoms with Gasteiger partial charge < -0.3 is 10.4 Å². The number of carbonyl (C=O) groups is 1. The van der Waals surface area contributed by atoms with E-state index >= 15 is 0 Å². The molecule has 2 rings (SSSR count). The average Bonchev–Trinajstić information content (AvgIpc) is 3.09. The minimum absolute atomic E-state index is 0.0106. The number of carbonyl (C=O) groups excluding carboxylic acids is 1. The van der Waals surface area contributed by atoms with E-state index in [0.29, 0.717) is 13.0 Å².